The molecule has 1 N–H and O–H groups in total. The topological polar surface area (TPSA) is 59.9 Å². The molecule has 2 aromatic heterocycles. The number of fused-ring (bicyclic) bond motifs is 1. The number of aromatic nitrogens is 3. The summed E-state index contributed by atoms with van der Waals surface area (Å²) in [7, 11) is 0. The smallest absolute Gasteiger partial charge is 0.226 e. The van der Waals surface area contributed by atoms with Gasteiger partial charge < -0.3 is 10.1 Å². The van der Waals surface area contributed by atoms with Crippen LogP contribution in [0.4, 0.5) is 5.95 Å². The Kier molecular flexibility index (Phi) is 3.64. The number of rotatable bonds is 4. The molecule has 5 nitrogen and oxygen atoms in total. The highest BCUT2D eigenvalue weighted by molar-refractivity contribution is 5.79. The Morgan fingerprint density at radius 3 is 2.90 bits per heavy atom. The van der Waals surface area contributed by atoms with Crippen molar-refractivity contribution < 1.29 is 4.74 Å². The first kappa shape index (κ1) is 13.3. The average molecular weight is 280 g/mol. The summed E-state index contributed by atoms with van der Waals surface area (Å²) in [6, 6.07) is 11.5. The second-order valence-electron chi connectivity index (χ2n) is 4.66. The van der Waals surface area contributed by atoms with E-state index >= 15 is 0 Å². The van der Waals surface area contributed by atoms with Gasteiger partial charge in [-0.05, 0) is 32.0 Å². The van der Waals surface area contributed by atoms with E-state index in [1.807, 2.05) is 50.2 Å². The van der Waals surface area contributed by atoms with E-state index in [9.17, 15) is 0 Å². The summed E-state index contributed by atoms with van der Waals surface area (Å²) in [6.45, 7) is 4.68. The first-order valence-electron chi connectivity index (χ1n) is 6.87. The fourth-order valence-electron chi connectivity index (χ4n) is 2.06. The molecular formula is C16H16N4O. The second-order valence-corrected chi connectivity index (χ2v) is 4.66. The van der Waals surface area contributed by atoms with Gasteiger partial charge in [0.1, 0.15) is 5.75 Å². The summed E-state index contributed by atoms with van der Waals surface area (Å²) in [5.74, 6) is 1.81. The highest BCUT2D eigenvalue weighted by Crippen LogP contribution is 2.24. The van der Waals surface area contributed by atoms with Crippen LogP contribution in [-0.4, -0.2) is 21.5 Å². The summed E-state index contributed by atoms with van der Waals surface area (Å²) < 4.78 is 5.82. The van der Waals surface area contributed by atoms with Crippen LogP contribution in [0.5, 0.6) is 11.6 Å². The maximum Gasteiger partial charge on any atom is 0.226 e. The van der Waals surface area contributed by atoms with E-state index in [1.54, 1.807) is 6.20 Å². The van der Waals surface area contributed by atoms with E-state index < -0.39 is 0 Å². The zero-order chi connectivity index (χ0) is 14.7. The van der Waals surface area contributed by atoms with Gasteiger partial charge in [0.2, 0.25) is 11.8 Å². The molecule has 0 aliphatic heterocycles. The van der Waals surface area contributed by atoms with Crippen LogP contribution in [0.3, 0.4) is 0 Å². The number of anilines is 1. The van der Waals surface area contributed by atoms with E-state index in [1.165, 1.54) is 0 Å². The number of benzene rings is 1. The lowest BCUT2D eigenvalue weighted by atomic mass is 10.2. The molecule has 2 heterocycles. The number of nitrogens with zero attached hydrogens (tertiary/aromatic N) is 3. The largest absolute Gasteiger partial charge is 0.439 e. The molecule has 0 spiro atoms. The average Bonchev–Trinajstić information content (AvgIpc) is 2.47. The van der Waals surface area contributed by atoms with E-state index in [-0.39, 0.29) is 0 Å². The first-order valence-corrected chi connectivity index (χ1v) is 6.87. The van der Waals surface area contributed by atoms with Crippen molar-refractivity contribution in [3.63, 3.8) is 0 Å². The maximum absolute atomic E-state index is 5.82. The Morgan fingerprint density at radius 1 is 1.14 bits per heavy atom. The molecule has 0 bridgehead atoms. The predicted molar refractivity (Wildman–Crippen MR) is 82.7 cm³/mol. The molecule has 0 aliphatic carbocycles. The van der Waals surface area contributed by atoms with Crippen molar-refractivity contribution in [2.24, 2.45) is 0 Å². The van der Waals surface area contributed by atoms with Crippen LogP contribution in [0.25, 0.3) is 10.9 Å². The van der Waals surface area contributed by atoms with Crippen LogP contribution in [0.2, 0.25) is 0 Å². The van der Waals surface area contributed by atoms with E-state index in [0.29, 0.717) is 17.6 Å². The monoisotopic (exact) mass is 280 g/mol. The minimum Gasteiger partial charge on any atom is -0.439 e. The summed E-state index contributed by atoms with van der Waals surface area (Å²) >= 11 is 0. The standard InChI is InChI=1S/C16H16N4O/c1-3-17-16-19-11(2)9-15(20-16)21-13-7-6-12-5-4-8-18-14(12)10-13/h4-10H,3H2,1-2H3,(H,17,19,20). The van der Waals surface area contributed by atoms with Crippen molar-refractivity contribution in [3.05, 3.63) is 48.3 Å². The minimum atomic E-state index is 0.522. The summed E-state index contributed by atoms with van der Waals surface area (Å²) in [5.41, 5.74) is 1.75. The fraction of sp³-hybridized carbons (Fsp3) is 0.188. The van der Waals surface area contributed by atoms with Gasteiger partial charge in [-0.25, -0.2) is 4.98 Å². The van der Waals surface area contributed by atoms with Gasteiger partial charge in [-0.15, -0.1) is 0 Å². The van der Waals surface area contributed by atoms with Crippen molar-refractivity contribution in [1.82, 2.24) is 15.0 Å². The van der Waals surface area contributed by atoms with Crippen LogP contribution in [0, 0.1) is 6.92 Å². The third-order valence-corrected chi connectivity index (χ3v) is 2.97. The Labute approximate surface area is 123 Å². The molecule has 3 aromatic rings. The van der Waals surface area contributed by atoms with Crippen molar-refractivity contribution >= 4 is 16.9 Å². The van der Waals surface area contributed by atoms with Gasteiger partial charge in [-0.3, -0.25) is 4.98 Å². The predicted octanol–water partition coefficient (Wildman–Crippen LogP) is 3.56. The van der Waals surface area contributed by atoms with Gasteiger partial charge in [0, 0.05) is 36.0 Å². The fourth-order valence-corrected chi connectivity index (χ4v) is 2.06. The molecule has 3 rings (SSSR count). The quantitative estimate of drug-likeness (QED) is 0.791. The molecule has 0 unspecified atom stereocenters. The van der Waals surface area contributed by atoms with Gasteiger partial charge in [0.25, 0.3) is 0 Å². The van der Waals surface area contributed by atoms with Crippen LogP contribution < -0.4 is 10.1 Å². The lowest BCUT2D eigenvalue weighted by molar-refractivity contribution is 0.462. The molecule has 0 saturated heterocycles. The Balaban J connectivity index is 1.90. The highest BCUT2D eigenvalue weighted by Gasteiger charge is 2.05. The number of hydrogen-bond acceptors (Lipinski definition) is 5. The number of nitrogens with one attached hydrogen (secondary N) is 1. The van der Waals surface area contributed by atoms with Gasteiger partial charge in [-0.1, -0.05) is 6.07 Å². The van der Waals surface area contributed by atoms with Crippen LogP contribution in [0.15, 0.2) is 42.6 Å². The zero-order valence-corrected chi connectivity index (χ0v) is 12.0. The third kappa shape index (κ3) is 3.08. The SMILES string of the molecule is CCNc1nc(C)cc(Oc2ccc3cccnc3c2)n1. The van der Waals surface area contributed by atoms with Gasteiger partial charge in [-0.2, -0.15) is 4.98 Å². The lowest BCUT2D eigenvalue weighted by Gasteiger charge is -2.08. The molecule has 0 saturated carbocycles. The normalized spacial score (nSPS) is 10.6. The molecular weight excluding hydrogens is 264 g/mol. The molecule has 1 aromatic carbocycles. The van der Waals surface area contributed by atoms with Crippen LogP contribution >= 0.6 is 0 Å². The van der Waals surface area contributed by atoms with Crippen molar-refractivity contribution in [2.45, 2.75) is 13.8 Å². The number of aryl methyl sites for hydroxylation is 1. The van der Waals surface area contributed by atoms with Gasteiger partial charge in [0.15, 0.2) is 0 Å². The Hall–Kier alpha value is -2.69. The van der Waals surface area contributed by atoms with Crippen molar-refractivity contribution in [1.29, 1.82) is 0 Å². The summed E-state index contributed by atoms with van der Waals surface area (Å²) in [6.07, 6.45) is 1.77. The Morgan fingerprint density at radius 2 is 2.05 bits per heavy atom. The van der Waals surface area contributed by atoms with E-state index in [2.05, 4.69) is 20.3 Å². The van der Waals surface area contributed by atoms with Crippen LogP contribution in [0.1, 0.15) is 12.6 Å². The molecule has 5 heteroatoms. The summed E-state index contributed by atoms with van der Waals surface area (Å²) in [4.78, 5) is 13.0. The molecule has 0 amide bonds. The number of pyridine rings is 1. The van der Waals surface area contributed by atoms with Crippen molar-refractivity contribution in [3.8, 4) is 11.6 Å². The number of ether oxygens (including phenoxy) is 1. The molecule has 21 heavy (non-hydrogen) atoms. The molecule has 0 atom stereocenters. The first-order chi connectivity index (χ1) is 10.2. The van der Waals surface area contributed by atoms with Gasteiger partial charge in [0.05, 0.1) is 5.52 Å². The van der Waals surface area contributed by atoms with Gasteiger partial charge >= 0.3 is 0 Å². The van der Waals surface area contributed by atoms with E-state index in [4.69, 9.17) is 4.74 Å². The van der Waals surface area contributed by atoms with E-state index in [0.717, 1.165) is 23.1 Å². The lowest BCUT2D eigenvalue weighted by Crippen LogP contribution is -2.03. The number of hydrogen-bond donors (Lipinski definition) is 1. The van der Waals surface area contributed by atoms with Crippen LogP contribution in [-0.2, 0) is 0 Å². The highest BCUT2D eigenvalue weighted by atomic mass is 16.5. The molecule has 0 fully saturated rings. The van der Waals surface area contributed by atoms with Crippen molar-refractivity contribution in [2.75, 3.05) is 11.9 Å². The minimum absolute atomic E-state index is 0.522. The summed E-state index contributed by atoms with van der Waals surface area (Å²) in [5, 5.41) is 4.17. The Bertz CT molecular complexity index is 773. The second kappa shape index (κ2) is 5.75. The maximum atomic E-state index is 5.82. The zero-order valence-electron chi connectivity index (χ0n) is 12.0. The third-order valence-electron chi connectivity index (χ3n) is 2.97. The molecule has 106 valence electrons. The molecule has 0 radical (unpaired) electrons. The molecule has 0 aliphatic rings.